The van der Waals surface area contributed by atoms with E-state index in [0.29, 0.717) is 0 Å². The van der Waals surface area contributed by atoms with Gasteiger partial charge < -0.3 is 24.9 Å². The fraction of sp³-hybridized carbons (Fsp3) is 0.600. The molecule has 12 heavy (non-hydrogen) atoms. The molecular weight excluding hydrogens is 191 g/mol. The van der Waals surface area contributed by atoms with Crippen molar-refractivity contribution in [3.8, 4) is 0 Å². The Bertz CT molecular complexity index is 149. The maximum Gasteiger partial charge on any atom is 1.00 e. The minimum atomic E-state index is -1.71. The van der Waals surface area contributed by atoms with Crippen molar-refractivity contribution in [3.05, 3.63) is 0 Å². The Balaban J connectivity index is -0.000000405. The van der Waals surface area contributed by atoms with Gasteiger partial charge in [-0.1, -0.05) is 0 Å². The normalized spacial score (nSPS) is 10.4. The number of aliphatic hydroxyl groups is 1. The Morgan fingerprint density at radius 2 is 1.67 bits per heavy atom. The zero-order valence-corrected chi connectivity index (χ0v) is 11.1. The molecule has 0 heterocycles. The summed E-state index contributed by atoms with van der Waals surface area (Å²) in [5.74, 6) is -3.05. The molecule has 0 aromatic rings. The molecule has 0 rings (SSSR count). The average molecular weight is 197 g/mol. The Kier molecular flexibility index (Phi) is 15.5. The van der Waals surface area contributed by atoms with Crippen LogP contribution in [0.5, 0.6) is 0 Å². The van der Waals surface area contributed by atoms with E-state index in [1.54, 1.807) is 0 Å². The standard InChI is InChI=1S/C5H8O5.2Na/c6-3(5(9)10)1-2-4(7)8;;/h3,6H,1-2H2,(H,7,8)(H,9,10);;/q;2*+1/p-2/i1+1,2+1,3+1,4+1,5+1;;. The van der Waals surface area contributed by atoms with Crippen molar-refractivity contribution in [1.82, 2.24) is 0 Å². The molecule has 1 N–H and O–H groups in total. The van der Waals surface area contributed by atoms with Crippen LogP contribution in [-0.4, -0.2) is 23.1 Å². The summed E-state index contributed by atoms with van der Waals surface area (Å²) >= 11 is 0. The van der Waals surface area contributed by atoms with Gasteiger partial charge in [-0.25, -0.2) is 0 Å². The molecular formula is C5H6Na2O5. The number of aliphatic carboxylic acids is 2. The molecule has 0 aliphatic heterocycles. The van der Waals surface area contributed by atoms with Crippen molar-refractivity contribution in [3.63, 3.8) is 0 Å². The zero-order chi connectivity index (χ0) is 8.15. The fourth-order valence-corrected chi connectivity index (χ4v) is 0.372. The average Bonchev–Trinajstić information content (AvgIpc) is 1.82. The van der Waals surface area contributed by atoms with Gasteiger partial charge >= 0.3 is 59.1 Å². The van der Waals surface area contributed by atoms with E-state index < -0.39 is 24.5 Å². The van der Waals surface area contributed by atoms with Crippen molar-refractivity contribution in [2.24, 2.45) is 0 Å². The molecule has 0 bridgehead atoms. The van der Waals surface area contributed by atoms with Crippen LogP contribution in [0.1, 0.15) is 12.8 Å². The van der Waals surface area contributed by atoms with Crippen LogP contribution in [0.2, 0.25) is 0 Å². The van der Waals surface area contributed by atoms with Gasteiger partial charge in [0.2, 0.25) is 0 Å². The van der Waals surface area contributed by atoms with Gasteiger partial charge in [0.05, 0.1) is 12.1 Å². The topological polar surface area (TPSA) is 100 Å². The number of carboxylic acids is 2. The molecule has 58 valence electrons. The molecule has 0 saturated carbocycles. The van der Waals surface area contributed by atoms with Crippen LogP contribution >= 0.6 is 0 Å². The summed E-state index contributed by atoms with van der Waals surface area (Å²) in [5.41, 5.74) is 0. The van der Waals surface area contributed by atoms with Gasteiger partial charge in [0, 0.05) is 5.97 Å². The second-order valence-electron chi connectivity index (χ2n) is 1.75. The molecule has 0 spiro atoms. The number of hydrogen-bond donors (Lipinski definition) is 1. The van der Waals surface area contributed by atoms with Gasteiger partial charge in [-0.3, -0.25) is 0 Å². The zero-order valence-electron chi connectivity index (χ0n) is 7.07. The maximum atomic E-state index is 9.74. The molecule has 0 aromatic carbocycles. The minimum absolute atomic E-state index is 0. The van der Waals surface area contributed by atoms with E-state index in [0.717, 1.165) is 0 Å². The third kappa shape index (κ3) is 10.9. The van der Waals surface area contributed by atoms with Gasteiger partial charge in [-0.15, -0.1) is 0 Å². The van der Waals surface area contributed by atoms with Crippen molar-refractivity contribution in [2.45, 2.75) is 18.9 Å². The summed E-state index contributed by atoms with van der Waals surface area (Å²) in [7, 11) is 0. The van der Waals surface area contributed by atoms with Crippen LogP contribution in [0.25, 0.3) is 0 Å². The predicted molar refractivity (Wildman–Crippen MR) is 25.3 cm³/mol. The molecule has 1 atom stereocenters. The molecule has 7 heteroatoms. The van der Waals surface area contributed by atoms with Crippen molar-refractivity contribution in [2.75, 3.05) is 0 Å². The smallest absolute Gasteiger partial charge is 0.550 e. The summed E-state index contributed by atoms with van der Waals surface area (Å²) in [6.07, 6.45) is -2.56. The first-order valence-corrected chi connectivity index (χ1v) is 2.63. The first-order chi connectivity index (χ1) is 4.54. The minimum Gasteiger partial charge on any atom is -0.550 e. The number of carbonyl (C=O) groups is 2. The molecule has 5 nitrogen and oxygen atoms in total. The van der Waals surface area contributed by atoms with E-state index in [1.165, 1.54) is 0 Å². The predicted octanol–water partition coefficient (Wildman–Crippen LogP) is -9.36. The van der Waals surface area contributed by atoms with E-state index in [2.05, 4.69) is 0 Å². The number of rotatable bonds is 4. The Morgan fingerprint density at radius 1 is 1.25 bits per heavy atom. The molecule has 0 radical (unpaired) electrons. The summed E-state index contributed by atoms with van der Waals surface area (Å²) in [5, 5.41) is 27.9. The fourth-order valence-electron chi connectivity index (χ4n) is 0.372. The first kappa shape index (κ1) is 18.6. The van der Waals surface area contributed by atoms with Crippen molar-refractivity contribution < 1.29 is 84.0 Å². The SMILES string of the molecule is O=[13C]([O-])[13CH2][13CH2][13CH](O)[13C](=O)[O-].[Na+].[Na+]. The van der Waals surface area contributed by atoms with Crippen molar-refractivity contribution >= 4 is 11.9 Å². The maximum absolute atomic E-state index is 9.74. The molecule has 0 saturated heterocycles. The van der Waals surface area contributed by atoms with E-state index in [9.17, 15) is 19.8 Å². The van der Waals surface area contributed by atoms with Crippen LogP contribution in [0.4, 0.5) is 0 Å². The Hall–Kier alpha value is 0.900. The molecule has 1 unspecified atom stereocenters. The molecule has 0 aliphatic rings. The number of carbonyl (C=O) groups excluding carboxylic acids is 2. The number of hydrogen-bond acceptors (Lipinski definition) is 5. The number of aliphatic hydroxyl groups excluding tert-OH is 1. The van der Waals surface area contributed by atoms with Gasteiger partial charge in [0.15, 0.2) is 0 Å². The van der Waals surface area contributed by atoms with Crippen LogP contribution in [0.15, 0.2) is 0 Å². The summed E-state index contributed by atoms with van der Waals surface area (Å²) in [4.78, 5) is 19.4. The first-order valence-electron chi connectivity index (χ1n) is 2.63. The van der Waals surface area contributed by atoms with Gasteiger partial charge in [-0.05, 0) is 12.8 Å². The van der Waals surface area contributed by atoms with Crippen LogP contribution in [0.3, 0.4) is 0 Å². The van der Waals surface area contributed by atoms with Crippen LogP contribution < -0.4 is 69.3 Å². The van der Waals surface area contributed by atoms with Crippen molar-refractivity contribution in [1.29, 1.82) is 0 Å². The Labute approximate surface area is 114 Å². The van der Waals surface area contributed by atoms with Crippen LogP contribution in [-0.2, 0) is 9.59 Å². The molecule has 0 amide bonds. The van der Waals surface area contributed by atoms with Crippen LogP contribution in [0, 0.1) is 0 Å². The third-order valence-electron chi connectivity index (χ3n) is 0.894. The quantitative estimate of drug-likeness (QED) is 0.356. The van der Waals surface area contributed by atoms with Gasteiger partial charge in [0.25, 0.3) is 0 Å². The van der Waals surface area contributed by atoms with E-state index in [1.807, 2.05) is 0 Å². The third-order valence-corrected chi connectivity index (χ3v) is 0.894. The molecule has 0 aliphatic carbocycles. The summed E-state index contributed by atoms with van der Waals surface area (Å²) < 4.78 is 0. The Morgan fingerprint density at radius 3 is 1.92 bits per heavy atom. The van der Waals surface area contributed by atoms with Gasteiger partial charge in [0.1, 0.15) is 0 Å². The summed E-state index contributed by atoms with van der Waals surface area (Å²) in [6.45, 7) is 0. The van der Waals surface area contributed by atoms with E-state index in [-0.39, 0.29) is 65.5 Å². The second kappa shape index (κ2) is 9.98. The van der Waals surface area contributed by atoms with E-state index >= 15 is 0 Å². The summed E-state index contributed by atoms with van der Waals surface area (Å²) in [6, 6.07) is 0. The largest absolute Gasteiger partial charge is 1.00 e. The van der Waals surface area contributed by atoms with E-state index in [4.69, 9.17) is 5.11 Å². The second-order valence-corrected chi connectivity index (χ2v) is 1.75. The number of carboxylic acid groups (broad SMARTS) is 2. The monoisotopic (exact) mass is 197 g/mol. The van der Waals surface area contributed by atoms with Gasteiger partial charge in [-0.2, -0.15) is 0 Å². The molecule has 0 fully saturated rings. The molecule has 0 aromatic heterocycles.